The lowest BCUT2D eigenvalue weighted by Crippen LogP contribution is -2.39. The summed E-state index contributed by atoms with van der Waals surface area (Å²) in [4.78, 5) is 6.85. The van der Waals surface area contributed by atoms with E-state index in [-0.39, 0.29) is 0 Å². The first-order valence-corrected chi connectivity index (χ1v) is 10.3. The average molecular weight is 364 g/mol. The molecule has 148 valence electrons. The van der Waals surface area contributed by atoms with Crippen molar-refractivity contribution in [3.05, 3.63) is 17.5 Å². The molecule has 0 atom stereocenters. The molecule has 0 aromatic carbocycles. The summed E-state index contributed by atoms with van der Waals surface area (Å²) < 4.78 is 5.46. The maximum atomic E-state index is 5.46. The molecule has 0 unspecified atom stereocenters. The third kappa shape index (κ3) is 6.31. The molecule has 0 radical (unpaired) electrons. The summed E-state index contributed by atoms with van der Waals surface area (Å²) in [5.41, 5.74) is 1.06. The number of nitrogens with zero attached hydrogens (tertiary/aromatic N) is 3. The number of guanidine groups is 1. The lowest BCUT2D eigenvalue weighted by atomic mass is 9.93. The van der Waals surface area contributed by atoms with Gasteiger partial charge in [-0.2, -0.15) is 0 Å². The van der Waals surface area contributed by atoms with Crippen molar-refractivity contribution >= 4 is 5.96 Å². The summed E-state index contributed by atoms with van der Waals surface area (Å²) >= 11 is 0. The highest BCUT2D eigenvalue weighted by atomic mass is 16.5. The van der Waals surface area contributed by atoms with Gasteiger partial charge in [0.25, 0.3) is 0 Å². The topological polar surface area (TPSA) is 65.7 Å². The minimum absolute atomic E-state index is 0.490. The van der Waals surface area contributed by atoms with Gasteiger partial charge in [-0.05, 0) is 57.7 Å². The standard InChI is InChI=1S/C20H37N5O/c1-5-17(6-2)19-14-18(26-24-19)15-23-20(21-4)22-11-8-16-9-12-25(7-3)13-10-16/h14,16-17H,5-13,15H2,1-4H3,(H2,21,22,23). The summed E-state index contributed by atoms with van der Waals surface area (Å²) in [6.45, 7) is 11.9. The molecule has 0 saturated carbocycles. The van der Waals surface area contributed by atoms with Gasteiger partial charge in [-0.15, -0.1) is 0 Å². The van der Waals surface area contributed by atoms with Crippen LogP contribution in [0.5, 0.6) is 0 Å². The van der Waals surface area contributed by atoms with Crippen LogP contribution in [0.25, 0.3) is 0 Å². The third-order valence-corrected chi connectivity index (χ3v) is 5.63. The predicted molar refractivity (Wildman–Crippen MR) is 107 cm³/mol. The Kier molecular flexibility index (Phi) is 8.95. The van der Waals surface area contributed by atoms with Gasteiger partial charge < -0.3 is 20.1 Å². The first-order chi connectivity index (χ1) is 12.7. The van der Waals surface area contributed by atoms with Gasteiger partial charge in [0.1, 0.15) is 0 Å². The van der Waals surface area contributed by atoms with E-state index in [4.69, 9.17) is 4.52 Å². The lowest BCUT2D eigenvalue weighted by Gasteiger charge is -2.31. The van der Waals surface area contributed by atoms with E-state index in [0.29, 0.717) is 12.5 Å². The zero-order valence-electron chi connectivity index (χ0n) is 17.1. The van der Waals surface area contributed by atoms with Crippen LogP contribution in [0.1, 0.15) is 70.2 Å². The molecule has 0 spiro atoms. The number of nitrogens with one attached hydrogen (secondary N) is 2. The van der Waals surface area contributed by atoms with Gasteiger partial charge in [0, 0.05) is 25.6 Å². The summed E-state index contributed by atoms with van der Waals surface area (Å²) in [5.74, 6) is 3.02. The molecule has 2 rings (SSSR count). The molecule has 0 aliphatic carbocycles. The number of aromatic nitrogens is 1. The van der Waals surface area contributed by atoms with E-state index in [1.807, 2.05) is 7.05 Å². The molecule has 1 aromatic rings. The van der Waals surface area contributed by atoms with Crippen LogP contribution in [-0.2, 0) is 6.54 Å². The van der Waals surface area contributed by atoms with Gasteiger partial charge in [0.2, 0.25) is 0 Å². The summed E-state index contributed by atoms with van der Waals surface area (Å²) in [7, 11) is 1.81. The van der Waals surface area contributed by atoms with E-state index in [1.165, 1.54) is 38.9 Å². The van der Waals surface area contributed by atoms with E-state index in [1.54, 1.807) is 0 Å². The van der Waals surface area contributed by atoms with Crippen LogP contribution in [0.3, 0.4) is 0 Å². The van der Waals surface area contributed by atoms with Crippen LogP contribution < -0.4 is 10.6 Å². The molecule has 6 heteroatoms. The van der Waals surface area contributed by atoms with Crippen LogP contribution in [-0.4, -0.2) is 49.2 Å². The van der Waals surface area contributed by atoms with E-state index in [9.17, 15) is 0 Å². The van der Waals surface area contributed by atoms with Crippen molar-refractivity contribution in [2.45, 2.75) is 65.3 Å². The largest absolute Gasteiger partial charge is 0.359 e. The Morgan fingerprint density at radius 2 is 2.00 bits per heavy atom. The van der Waals surface area contributed by atoms with Gasteiger partial charge in [0.05, 0.1) is 12.2 Å². The van der Waals surface area contributed by atoms with Gasteiger partial charge in [-0.25, -0.2) is 0 Å². The zero-order valence-corrected chi connectivity index (χ0v) is 17.1. The predicted octanol–water partition coefficient (Wildman–Crippen LogP) is 3.37. The lowest BCUT2D eigenvalue weighted by molar-refractivity contribution is 0.187. The van der Waals surface area contributed by atoms with E-state index in [0.717, 1.165) is 42.7 Å². The molecule has 1 saturated heterocycles. The van der Waals surface area contributed by atoms with E-state index >= 15 is 0 Å². The minimum Gasteiger partial charge on any atom is -0.359 e. The summed E-state index contributed by atoms with van der Waals surface area (Å²) in [6.07, 6.45) is 6.03. The second-order valence-corrected chi connectivity index (χ2v) is 7.25. The number of piperidine rings is 1. The second kappa shape index (κ2) is 11.2. The van der Waals surface area contributed by atoms with Crippen molar-refractivity contribution in [2.24, 2.45) is 10.9 Å². The normalized spacial score (nSPS) is 17.0. The Bertz CT molecular complexity index is 530. The Labute approximate surface area is 158 Å². The smallest absolute Gasteiger partial charge is 0.191 e. The number of hydrogen-bond acceptors (Lipinski definition) is 4. The molecule has 0 bridgehead atoms. The summed E-state index contributed by atoms with van der Waals surface area (Å²) in [6, 6.07) is 2.07. The Hall–Kier alpha value is -1.56. The minimum atomic E-state index is 0.490. The maximum absolute atomic E-state index is 5.46. The Morgan fingerprint density at radius 1 is 1.27 bits per heavy atom. The first kappa shape index (κ1) is 20.7. The highest BCUT2D eigenvalue weighted by molar-refractivity contribution is 5.79. The molecule has 26 heavy (non-hydrogen) atoms. The fraction of sp³-hybridized carbons (Fsp3) is 0.800. The quantitative estimate of drug-likeness (QED) is 0.520. The van der Waals surface area contributed by atoms with Crippen molar-refractivity contribution in [1.82, 2.24) is 20.7 Å². The van der Waals surface area contributed by atoms with E-state index < -0.39 is 0 Å². The van der Waals surface area contributed by atoms with Crippen molar-refractivity contribution in [1.29, 1.82) is 0 Å². The zero-order chi connectivity index (χ0) is 18.8. The first-order valence-electron chi connectivity index (χ1n) is 10.3. The maximum Gasteiger partial charge on any atom is 0.191 e. The van der Waals surface area contributed by atoms with E-state index in [2.05, 4.69) is 52.5 Å². The Morgan fingerprint density at radius 3 is 2.62 bits per heavy atom. The van der Waals surface area contributed by atoms with Crippen molar-refractivity contribution in [2.75, 3.05) is 33.2 Å². The van der Waals surface area contributed by atoms with Gasteiger partial charge in [-0.3, -0.25) is 4.99 Å². The molecular formula is C20H37N5O. The number of aliphatic imine (C=N–C) groups is 1. The van der Waals surface area contributed by atoms with Crippen LogP contribution in [0.15, 0.2) is 15.6 Å². The van der Waals surface area contributed by atoms with Gasteiger partial charge in [0.15, 0.2) is 11.7 Å². The molecule has 2 N–H and O–H groups in total. The van der Waals surface area contributed by atoms with Crippen molar-refractivity contribution in [3.63, 3.8) is 0 Å². The van der Waals surface area contributed by atoms with Gasteiger partial charge in [-0.1, -0.05) is 25.9 Å². The van der Waals surface area contributed by atoms with Gasteiger partial charge >= 0.3 is 0 Å². The van der Waals surface area contributed by atoms with Crippen LogP contribution in [0.4, 0.5) is 0 Å². The number of hydrogen-bond donors (Lipinski definition) is 2. The molecule has 1 aromatic heterocycles. The fourth-order valence-corrected chi connectivity index (χ4v) is 3.69. The molecule has 1 aliphatic rings. The molecule has 6 nitrogen and oxygen atoms in total. The van der Waals surface area contributed by atoms with Crippen LogP contribution in [0, 0.1) is 5.92 Å². The monoisotopic (exact) mass is 363 g/mol. The number of rotatable bonds is 9. The highest BCUT2D eigenvalue weighted by Gasteiger charge is 2.17. The molecular weight excluding hydrogens is 326 g/mol. The van der Waals surface area contributed by atoms with Crippen molar-refractivity contribution < 1.29 is 4.52 Å². The second-order valence-electron chi connectivity index (χ2n) is 7.25. The summed E-state index contributed by atoms with van der Waals surface area (Å²) in [5, 5.41) is 11.0. The highest BCUT2D eigenvalue weighted by Crippen LogP contribution is 2.22. The van der Waals surface area contributed by atoms with Crippen LogP contribution in [0.2, 0.25) is 0 Å². The fourth-order valence-electron chi connectivity index (χ4n) is 3.69. The molecule has 0 amide bonds. The number of likely N-dealkylation sites (tertiary alicyclic amines) is 1. The van der Waals surface area contributed by atoms with Crippen molar-refractivity contribution in [3.8, 4) is 0 Å². The molecule has 1 fully saturated rings. The third-order valence-electron chi connectivity index (χ3n) is 5.63. The average Bonchev–Trinajstić information content (AvgIpc) is 3.14. The van der Waals surface area contributed by atoms with Crippen LogP contribution >= 0.6 is 0 Å². The Balaban J connectivity index is 1.68. The molecule has 2 heterocycles. The molecule has 1 aliphatic heterocycles. The SMILES string of the molecule is CCC(CC)c1cc(CNC(=NC)NCCC2CCN(CC)CC2)on1.